The number of rotatable bonds is 5. The molecule has 0 aliphatic carbocycles. The van der Waals surface area contributed by atoms with Crippen LogP contribution in [0.4, 0.5) is 11.5 Å². The molecule has 0 atom stereocenters. The van der Waals surface area contributed by atoms with Crippen LogP contribution in [0.2, 0.25) is 5.15 Å². The number of thioether (sulfide) groups is 1. The largest absolute Gasteiger partial charge is 0.393 e. The fourth-order valence-electron chi connectivity index (χ4n) is 0.986. The molecule has 3 N–H and O–H groups in total. The fourth-order valence-corrected chi connectivity index (χ4v) is 2.13. The van der Waals surface area contributed by atoms with Gasteiger partial charge in [0.1, 0.15) is 5.69 Å². The summed E-state index contributed by atoms with van der Waals surface area (Å²) in [5.41, 5.74) is 6.09. The lowest BCUT2D eigenvalue weighted by Crippen LogP contribution is -2.03. The normalized spacial score (nSPS) is 10.3. The standard InChI is InChI=1S/C9H15ClN4S/c1-3-4-5-15-9-13-7(10)6(11)8(12-2)14-9/h3-5,11H2,1-2H3,(H,12,13,14). The van der Waals surface area contributed by atoms with Gasteiger partial charge in [-0.15, -0.1) is 0 Å². The summed E-state index contributed by atoms with van der Waals surface area (Å²) in [6, 6.07) is 0. The second-order valence-corrected chi connectivity index (χ2v) is 4.43. The number of nitrogens with zero attached hydrogens (tertiary/aromatic N) is 2. The lowest BCUT2D eigenvalue weighted by Gasteiger charge is -2.07. The summed E-state index contributed by atoms with van der Waals surface area (Å²) in [7, 11) is 1.76. The summed E-state index contributed by atoms with van der Waals surface area (Å²) in [5, 5.41) is 3.88. The van der Waals surface area contributed by atoms with Crippen LogP contribution >= 0.6 is 23.4 Å². The van der Waals surface area contributed by atoms with Gasteiger partial charge in [-0.2, -0.15) is 0 Å². The fraction of sp³-hybridized carbons (Fsp3) is 0.556. The Hall–Kier alpha value is -0.680. The van der Waals surface area contributed by atoms with Crippen LogP contribution in [0.5, 0.6) is 0 Å². The van der Waals surface area contributed by atoms with Crippen LogP contribution in [0.1, 0.15) is 19.8 Å². The Morgan fingerprint density at radius 1 is 1.47 bits per heavy atom. The molecule has 0 saturated heterocycles. The van der Waals surface area contributed by atoms with Crippen LogP contribution in [0.15, 0.2) is 5.16 Å². The molecule has 1 aromatic heterocycles. The molecular formula is C9H15ClN4S. The highest BCUT2D eigenvalue weighted by molar-refractivity contribution is 7.99. The minimum Gasteiger partial charge on any atom is -0.393 e. The molecule has 0 fully saturated rings. The number of nitrogens with two attached hydrogens (primary N) is 1. The molecule has 1 aromatic rings. The Balaban J connectivity index is 2.77. The molecule has 1 rings (SSSR count). The Bertz CT molecular complexity index is 332. The van der Waals surface area contributed by atoms with Gasteiger partial charge in [-0.25, -0.2) is 9.97 Å². The summed E-state index contributed by atoms with van der Waals surface area (Å²) in [4.78, 5) is 8.36. The third-order valence-electron chi connectivity index (χ3n) is 1.84. The van der Waals surface area contributed by atoms with Gasteiger partial charge < -0.3 is 11.1 Å². The Kier molecular flexibility index (Phi) is 4.98. The van der Waals surface area contributed by atoms with Crippen molar-refractivity contribution in [1.29, 1.82) is 0 Å². The topological polar surface area (TPSA) is 63.8 Å². The number of hydrogen-bond acceptors (Lipinski definition) is 5. The molecule has 1 heterocycles. The third-order valence-corrected chi connectivity index (χ3v) is 3.07. The maximum Gasteiger partial charge on any atom is 0.191 e. The van der Waals surface area contributed by atoms with Gasteiger partial charge in [-0.1, -0.05) is 36.7 Å². The first-order valence-electron chi connectivity index (χ1n) is 4.82. The number of hydrogen-bond donors (Lipinski definition) is 2. The van der Waals surface area contributed by atoms with E-state index in [0.717, 1.165) is 18.6 Å². The quantitative estimate of drug-likeness (QED) is 0.362. The Labute approximate surface area is 99.0 Å². The monoisotopic (exact) mass is 246 g/mol. The van der Waals surface area contributed by atoms with Crippen molar-refractivity contribution in [2.24, 2.45) is 0 Å². The average molecular weight is 247 g/mol. The molecule has 6 heteroatoms. The van der Waals surface area contributed by atoms with E-state index in [1.807, 2.05) is 0 Å². The number of nitrogens with one attached hydrogen (secondary N) is 1. The van der Waals surface area contributed by atoms with Crippen LogP contribution in [-0.2, 0) is 0 Å². The number of aromatic nitrogens is 2. The number of anilines is 2. The van der Waals surface area contributed by atoms with Crippen molar-refractivity contribution < 1.29 is 0 Å². The first-order chi connectivity index (χ1) is 7.19. The van der Waals surface area contributed by atoms with E-state index < -0.39 is 0 Å². The average Bonchev–Trinajstić information content (AvgIpc) is 2.23. The smallest absolute Gasteiger partial charge is 0.191 e. The Morgan fingerprint density at radius 3 is 2.80 bits per heavy atom. The lowest BCUT2D eigenvalue weighted by molar-refractivity contribution is 0.889. The molecule has 0 amide bonds. The third kappa shape index (κ3) is 3.43. The molecule has 84 valence electrons. The van der Waals surface area contributed by atoms with Crippen molar-refractivity contribution >= 4 is 34.9 Å². The minimum absolute atomic E-state index is 0.313. The van der Waals surface area contributed by atoms with E-state index in [9.17, 15) is 0 Å². The van der Waals surface area contributed by atoms with Crippen LogP contribution < -0.4 is 11.1 Å². The van der Waals surface area contributed by atoms with Gasteiger partial charge in [0.15, 0.2) is 16.1 Å². The summed E-state index contributed by atoms with van der Waals surface area (Å²) in [5.74, 6) is 1.59. The molecule has 15 heavy (non-hydrogen) atoms. The van der Waals surface area contributed by atoms with Gasteiger partial charge in [0.25, 0.3) is 0 Å². The van der Waals surface area contributed by atoms with Crippen LogP contribution in [0.3, 0.4) is 0 Å². The molecular weight excluding hydrogens is 232 g/mol. The highest BCUT2D eigenvalue weighted by atomic mass is 35.5. The molecule has 4 nitrogen and oxygen atoms in total. The molecule has 0 aromatic carbocycles. The van der Waals surface area contributed by atoms with Crippen LogP contribution in [0.25, 0.3) is 0 Å². The molecule has 0 saturated carbocycles. The SMILES string of the molecule is CCCCSc1nc(Cl)c(N)c(NC)n1. The Morgan fingerprint density at radius 2 is 2.20 bits per heavy atom. The number of nitrogen functional groups attached to an aromatic ring is 1. The van der Waals surface area contributed by atoms with Gasteiger partial charge in [-0.05, 0) is 6.42 Å². The number of unbranched alkanes of at least 4 members (excludes halogenated alkanes) is 1. The van der Waals surface area contributed by atoms with E-state index in [1.54, 1.807) is 18.8 Å². The predicted octanol–water partition coefficient (Wildman–Crippen LogP) is 2.65. The molecule has 0 aliphatic heterocycles. The second kappa shape index (κ2) is 6.02. The van der Waals surface area contributed by atoms with Gasteiger partial charge in [0, 0.05) is 12.8 Å². The van der Waals surface area contributed by atoms with Crippen molar-refractivity contribution in [3.8, 4) is 0 Å². The maximum atomic E-state index is 5.88. The highest BCUT2D eigenvalue weighted by Crippen LogP contribution is 2.27. The van der Waals surface area contributed by atoms with Gasteiger partial charge in [0.05, 0.1) is 0 Å². The molecule has 0 spiro atoms. The van der Waals surface area contributed by atoms with Crippen molar-refractivity contribution in [3.63, 3.8) is 0 Å². The van der Waals surface area contributed by atoms with Crippen LogP contribution in [-0.4, -0.2) is 22.8 Å². The van der Waals surface area contributed by atoms with Crippen molar-refractivity contribution in [1.82, 2.24) is 9.97 Å². The van der Waals surface area contributed by atoms with Crippen LogP contribution in [0, 0.1) is 0 Å². The van der Waals surface area contributed by atoms with E-state index in [1.165, 1.54) is 0 Å². The van der Waals surface area contributed by atoms with E-state index in [0.29, 0.717) is 21.8 Å². The zero-order chi connectivity index (χ0) is 11.3. The van der Waals surface area contributed by atoms with Gasteiger partial charge in [-0.3, -0.25) is 0 Å². The first-order valence-corrected chi connectivity index (χ1v) is 6.19. The van der Waals surface area contributed by atoms with Crippen molar-refractivity contribution in [2.75, 3.05) is 23.9 Å². The summed E-state index contributed by atoms with van der Waals surface area (Å²) >= 11 is 7.48. The zero-order valence-electron chi connectivity index (χ0n) is 8.88. The lowest BCUT2D eigenvalue weighted by atomic mass is 10.4. The molecule has 0 radical (unpaired) electrons. The minimum atomic E-state index is 0.313. The predicted molar refractivity (Wildman–Crippen MR) is 66.6 cm³/mol. The van der Waals surface area contributed by atoms with E-state index >= 15 is 0 Å². The van der Waals surface area contributed by atoms with E-state index in [2.05, 4.69) is 22.2 Å². The van der Waals surface area contributed by atoms with Crippen molar-refractivity contribution in [2.45, 2.75) is 24.9 Å². The second-order valence-electron chi connectivity index (χ2n) is 3.01. The first kappa shape index (κ1) is 12.4. The van der Waals surface area contributed by atoms with Crippen molar-refractivity contribution in [3.05, 3.63) is 5.15 Å². The van der Waals surface area contributed by atoms with Gasteiger partial charge >= 0.3 is 0 Å². The summed E-state index contributed by atoms with van der Waals surface area (Å²) in [6.07, 6.45) is 2.31. The number of halogens is 1. The van der Waals surface area contributed by atoms with E-state index in [-0.39, 0.29) is 0 Å². The van der Waals surface area contributed by atoms with E-state index in [4.69, 9.17) is 17.3 Å². The summed E-state index contributed by atoms with van der Waals surface area (Å²) in [6.45, 7) is 2.15. The highest BCUT2D eigenvalue weighted by Gasteiger charge is 2.08. The maximum absolute atomic E-state index is 5.88. The summed E-state index contributed by atoms with van der Waals surface area (Å²) < 4.78 is 0. The zero-order valence-corrected chi connectivity index (χ0v) is 10.5. The molecule has 0 bridgehead atoms. The van der Waals surface area contributed by atoms with Gasteiger partial charge in [0.2, 0.25) is 0 Å². The molecule has 0 aliphatic rings. The molecule has 0 unspecified atom stereocenters.